The van der Waals surface area contributed by atoms with Crippen LogP contribution in [-0.2, 0) is 4.74 Å². The molecule has 1 heterocycles. The molecule has 1 N–H and O–H groups in total. The molecule has 0 bridgehead atoms. The van der Waals surface area contributed by atoms with Gasteiger partial charge in [-0.2, -0.15) is 4.73 Å². The van der Waals surface area contributed by atoms with E-state index in [2.05, 4.69) is 0 Å². The topological polar surface area (TPSA) is 68.5 Å². The SMILES string of the molecule is CCOC(=O)c1cn(O)c2c(F)cc(I)cc2c1=O. The van der Waals surface area contributed by atoms with Crippen LogP contribution in [0.15, 0.2) is 23.1 Å². The number of hydrogen-bond acceptors (Lipinski definition) is 4. The van der Waals surface area contributed by atoms with E-state index in [4.69, 9.17) is 4.74 Å². The van der Waals surface area contributed by atoms with Gasteiger partial charge in [-0.25, -0.2) is 9.18 Å². The van der Waals surface area contributed by atoms with Crippen LogP contribution in [0.5, 0.6) is 0 Å². The van der Waals surface area contributed by atoms with E-state index in [0.29, 0.717) is 8.30 Å². The first-order valence-electron chi connectivity index (χ1n) is 5.36. The summed E-state index contributed by atoms with van der Waals surface area (Å²) in [6.07, 6.45) is 0.860. The predicted molar refractivity (Wildman–Crippen MR) is 74.0 cm³/mol. The predicted octanol–water partition coefficient (Wildman–Crippen LogP) is 2.16. The van der Waals surface area contributed by atoms with Gasteiger partial charge in [-0.3, -0.25) is 4.79 Å². The molecule has 2 aromatic rings. The highest BCUT2D eigenvalue weighted by Crippen LogP contribution is 2.19. The number of hydrogen-bond donors (Lipinski definition) is 1. The molecule has 2 rings (SSSR count). The van der Waals surface area contributed by atoms with E-state index in [-0.39, 0.29) is 23.1 Å². The van der Waals surface area contributed by atoms with Gasteiger partial charge in [0.1, 0.15) is 11.1 Å². The quantitative estimate of drug-likeness (QED) is 0.495. The first kappa shape index (κ1) is 13.8. The van der Waals surface area contributed by atoms with Crippen molar-refractivity contribution in [3.63, 3.8) is 0 Å². The fourth-order valence-electron chi connectivity index (χ4n) is 1.72. The fraction of sp³-hybridized carbons (Fsp3) is 0.167. The summed E-state index contributed by atoms with van der Waals surface area (Å²) in [6, 6.07) is 2.58. The third-order valence-corrected chi connectivity index (χ3v) is 3.12. The first-order chi connectivity index (χ1) is 8.95. The van der Waals surface area contributed by atoms with Crippen LogP contribution >= 0.6 is 22.6 Å². The molecule has 0 atom stereocenters. The van der Waals surface area contributed by atoms with Crippen molar-refractivity contribution in [2.75, 3.05) is 6.61 Å². The fourth-order valence-corrected chi connectivity index (χ4v) is 2.30. The van der Waals surface area contributed by atoms with E-state index >= 15 is 0 Å². The van der Waals surface area contributed by atoms with E-state index in [1.807, 2.05) is 22.6 Å². The molecule has 0 aliphatic carbocycles. The van der Waals surface area contributed by atoms with Gasteiger partial charge in [-0.05, 0) is 41.6 Å². The monoisotopic (exact) mass is 377 g/mol. The van der Waals surface area contributed by atoms with Gasteiger partial charge in [0.2, 0.25) is 5.43 Å². The number of nitrogens with zero attached hydrogens (tertiary/aromatic N) is 1. The molecule has 7 heteroatoms. The summed E-state index contributed by atoms with van der Waals surface area (Å²) >= 11 is 1.84. The van der Waals surface area contributed by atoms with Crippen molar-refractivity contribution in [3.8, 4) is 0 Å². The lowest BCUT2D eigenvalue weighted by molar-refractivity contribution is 0.0520. The molecule has 0 saturated carbocycles. The van der Waals surface area contributed by atoms with Crippen LogP contribution in [-0.4, -0.2) is 22.5 Å². The molecule has 0 saturated heterocycles. The maximum atomic E-state index is 13.7. The van der Waals surface area contributed by atoms with Gasteiger partial charge in [0.15, 0.2) is 5.82 Å². The smallest absolute Gasteiger partial charge is 0.343 e. The molecule has 0 radical (unpaired) electrons. The highest BCUT2D eigenvalue weighted by atomic mass is 127. The number of ether oxygens (including phenoxy) is 1. The van der Waals surface area contributed by atoms with Crippen LogP contribution in [0.3, 0.4) is 0 Å². The molecule has 1 aromatic carbocycles. The molecule has 1 aromatic heterocycles. The number of rotatable bonds is 2. The number of aromatic nitrogens is 1. The van der Waals surface area contributed by atoms with Crippen molar-refractivity contribution in [1.29, 1.82) is 0 Å². The van der Waals surface area contributed by atoms with Crippen LogP contribution in [0.2, 0.25) is 0 Å². The summed E-state index contributed by atoms with van der Waals surface area (Å²) in [5, 5.41) is 9.62. The Morgan fingerprint density at radius 2 is 2.21 bits per heavy atom. The Labute approximate surface area is 120 Å². The highest BCUT2D eigenvalue weighted by molar-refractivity contribution is 14.1. The first-order valence-corrected chi connectivity index (χ1v) is 6.44. The second-order valence-electron chi connectivity index (χ2n) is 3.72. The number of halogens is 2. The summed E-state index contributed by atoms with van der Waals surface area (Å²) < 4.78 is 19.4. The molecular formula is C12H9FINO4. The van der Waals surface area contributed by atoms with Gasteiger partial charge in [-0.1, -0.05) is 0 Å². The van der Waals surface area contributed by atoms with E-state index in [1.165, 1.54) is 12.1 Å². The Morgan fingerprint density at radius 3 is 2.84 bits per heavy atom. The van der Waals surface area contributed by atoms with E-state index in [9.17, 15) is 19.2 Å². The van der Waals surface area contributed by atoms with Crippen molar-refractivity contribution in [3.05, 3.63) is 43.5 Å². The zero-order chi connectivity index (χ0) is 14.2. The Kier molecular flexibility index (Phi) is 3.74. The van der Waals surface area contributed by atoms with Crippen molar-refractivity contribution >= 4 is 39.5 Å². The van der Waals surface area contributed by atoms with Crippen molar-refractivity contribution in [2.24, 2.45) is 0 Å². The minimum absolute atomic E-state index is 0.0718. The van der Waals surface area contributed by atoms with Crippen LogP contribution in [0.4, 0.5) is 4.39 Å². The van der Waals surface area contributed by atoms with E-state index in [0.717, 1.165) is 6.20 Å². The zero-order valence-corrected chi connectivity index (χ0v) is 12.0. The van der Waals surface area contributed by atoms with Gasteiger partial charge in [0.25, 0.3) is 0 Å². The largest absolute Gasteiger partial charge is 0.462 e. The lowest BCUT2D eigenvalue weighted by atomic mass is 10.1. The summed E-state index contributed by atoms with van der Waals surface area (Å²) in [5.41, 5.74) is -1.27. The molecule has 19 heavy (non-hydrogen) atoms. The number of fused-ring (bicyclic) bond motifs is 1. The van der Waals surface area contributed by atoms with Crippen LogP contribution in [0.1, 0.15) is 17.3 Å². The molecule has 5 nitrogen and oxygen atoms in total. The molecule has 0 aliphatic heterocycles. The maximum Gasteiger partial charge on any atom is 0.343 e. The minimum Gasteiger partial charge on any atom is -0.462 e. The minimum atomic E-state index is -0.850. The number of carbonyl (C=O) groups excluding carboxylic acids is 1. The Bertz CT molecular complexity index is 726. The van der Waals surface area contributed by atoms with Crippen molar-refractivity contribution in [1.82, 2.24) is 4.73 Å². The number of carbonyl (C=O) groups is 1. The van der Waals surface area contributed by atoms with Crippen LogP contribution in [0, 0.1) is 9.39 Å². The summed E-state index contributed by atoms with van der Waals surface area (Å²) in [7, 11) is 0. The molecule has 0 amide bonds. The van der Waals surface area contributed by atoms with Gasteiger partial charge < -0.3 is 9.94 Å². The molecule has 0 fully saturated rings. The maximum absolute atomic E-state index is 13.7. The lowest BCUT2D eigenvalue weighted by Crippen LogP contribution is -2.21. The van der Waals surface area contributed by atoms with Gasteiger partial charge in [0, 0.05) is 3.57 Å². The Morgan fingerprint density at radius 1 is 1.53 bits per heavy atom. The molecule has 0 unspecified atom stereocenters. The second-order valence-corrected chi connectivity index (χ2v) is 4.97. The van der Waals surface area contributed by atoms with E-state index < -0.39 is 17.2 Å². The lowest BCUT2D eigenvalue weighted by Gasteiger charge is -2.08. The van der Waals surface area contributed by atoms with Crippen molar-refractivity contribution < 1.29 is 19.1 Å². The van der Waals surface area contributed by atoms with E-state index in [1.54, 1.807) is 6.92 Å². The standard InChI is InChI=1S/C12H9FINO4/c1-2-19-12(17)8-5-15(18)10-7(11(8)16)3-6(14)4-9(10)13/h3-5,18H,2H2,1H3. The molecule has 100 valence electrons. The average Bonchev–Trinajstić information content (AvgIpc) is 2.33. The zero-order valence-electron chi connectivity index (χ0n) is 9.81. The Hall–Kier alpha value is -1.64. The molecule has 0 spiro atoms. The Balaban J connectivity index is 2.82. The number of esters is 1. The highest BCUT2D eigenvalue weighted by Gasteiger charge is 2.18. The third-order valence-electron chi connectivity index (χ3n) is 2.49. The van der Waals surface area contributed by atoms with Gasteiger partial charge in [-0.15, -0.1) is 0 Å². The van der Waals surface area contributed by atoms with Gasteiger partial charge >= 0.3 is 5.97 Å². The summed E-state index contributed by atoms with van der Waals surface area (Å²) in [4.78, 5) is 23.7. The van der Waals surface area contributed by atoms with Gasteiger partial charge in [0.05, 0.1) is 18.2 Å². The summed E-state index contributed by atoms with van der Waals surface area (Å²) in [5.74, 6) is -1.59. The second kappa shape index (κ2) is 5.16. The number of pyridine rings is 1. The third kappa shape index (κ3) is 2.42. The molecule has 0 aliphatic rings. The van der Waals surface area contributed by atoms with Crippen molar-refractivity contribution in [2.45, 2.75) is 6.92 Å². The molecular weight excluding hydrogens is 368 g/mol. The van der Waals surface area contributed by atoms with Crippen LogP contribution in [0.25, 0.3) is 10.9 Å². The van der Waals surface area contributed by atoms with Crippen LogP contribution < -0.4 is 5.43 Å². The average molecular weight is 377 g/mol. The summed E-state index contributed by atoms with van der Waals surface area (Å²) in [6.45, 7) is 1.70. The number of benzene rings is 1. The normalized spacial score (nSPS) is 10.7.